The highest BCUT2D eigenvalue weighted by Gasteiger charge is 2.27. The molecule has 2 rings (SSSR count). The Kier molecular flexibility index (Phi) is 10.9. The molecule has 0 N–H and O–H groups in total. The lowest BCUT2D eigenvalue weighted by molar-refractivity contribution is -0.0739. The molecule has 0 aliphatic carbocycles. The fourth-order valence-corrected chi connectivity index (χ4v) is 3.23. The van der Waals surface area contributed by atoms with E-state index in [2.05, 4.69) is 6.92 Å². The summed E-state index contributed by atoms with van der Waals surface area (Å²) in [5.74, 6) is 0. The van der Waals surface area contributed by atoms with Crippen LogP contribution in [0.3, 0.4) is 0 Å². The zero-order chi connectivity index (χ0) is 17.6. The van der Waals surface area contributed by atoms with E-state index in [1.165, 1.54) is 57.8 Å². The van der Waals surface area contributed by atoms with Gasteiger partial charge in [-0.05, 0) is 6.42 Å². The van der Waals surface area contributed by atoms with E-state index >= 15 is 0 Å². The van der Waals surface area contributed by atoms with Crippen molar-refractivity contribution in [1.29, 1.82) is 0 Å². The largest absolute Gasteiger partial charge is 0.379 e. The van der Waals surface area contributed by atoms with Crippen LogP contribution in [-0.2, 0) is 14.2 Å². The van der Waals surface area contributed by atoms with Gasteiger partial charge in [-0.15, -0.1) is 0 Å². The van der Waals surface area contributed by atoms with Crippen LogP contribution in [-0.4, -0.2) is 25.9 Å². The maximum atomic E-state index is 5.90. The third kappa shape index (κ3) is 8.84. The maximum Gasteiger partial charge on any atom is 0.184 e. The van der Waals surface area contributed by atoms with Crippen molar-refractivity contribution >= 4 is 0 Å². The first-order chi connectivity index (χ1) is 12.4. The van der Waals surface area contributed by atoms with Crippen molar-refractivity contribution in [3.05, 3.63) is 35.9 Å². The van der Waals surface area contributed by atoms with Crippen LogP contribution in [0.15, 0.2) is 30.3 Å². The second-order valence-corrected chi connectivity index (χ2v) is 7.09. The summed E-state index contributed by atoms with van der Waals surface area (Å²) >= 11 is 0. The molecule has 3 nitrogen and oxygen atoms in total. The number of unbranched alkanes of at least 4 members (excludes halogenated alkanes) is 9. The monoisotopic (exact) mass is 348 g/mol. The number of hydrogen-bond acceptors (Lipinski definition) is 3. The van der Waals surface area contributed by atoms with Gasteiger partial charge in [-0.3, -0.25) is 0 Å². The molecule has 3 heteroatoms. The Morgan fingerprint density at radius 3 is 2.20 bits per heavy atom. The molecular weight excluding hydrogens is 312 g/mol. The van der Waals surface area contributed by atoms with E-state index < -0.39 is 0 Å². The molecule has 0 spiro atoms. The van der Waals surface area contributed by atoms with Crippen molar-refractivity contribution in [1.82, 2.24) is 0 Å². The van der Waals surface area contributed by atoms with Gasteiger partial charge in [0, 0.05) is 12.2 Å². The molecule has 0 radical (unpaired) electrons. The van der Waals surface area contributed by atoms with Gasteiger partial charge in [-0.25, -0.2) is 0 Å². The first kappa shape index (κ1) is 20.4. The summed E-state index contributed by atoms with van der Waals surface area (Å²) in [5, 5.41) is 0. The van der Waals surface area contributed by atoms with Gasteiger partial charge < -0.3 is 14.2 Å². The fraction of sp³-hybridized carbons (Fsp3) is 0.727. The summed E-state index contributed by atoms with van der Waals surface area (Å²) < 4.78 is 17.4. The minimum Gasteiger partial charge on any atom is -0.379 e. The van der Waals surface area contributed by atoms with Gasteiger partial charge in [0.25, 0.3) is 0 Å². The molecule has 1 fully saturated rings. The first-order valence-corrected chi connectivity index (χ1v) is 10.3. The Bertz CT molecular complexity index is 421. The molecule has 1 aromatic carbocycles. The highest BCUT2D eigenvalue weighted by Crippen LogP contribution is 2.26. The fourth-order valence-electron chi connectivity index (χ4n) is 3.23. The smallest absolute Gasteiger partial charge is 0.184 e. The molecule has 2 unspecified atom stereocenters. The normalized spacial score (nSPS) is 20.2. The van der Waals surface area contributed by atoms with Crippen LogP contribution in [0.25, 0.3) is 0 Å². The molecule has 142 valence electrons. The maximum absolute atomic E-state index is 5.90. The molecule has 1 heterocycles. The predicted molar refractivity (Wildman–Crippen MR) is 103 cm³/mol. The molecule has 0 bridgehead atoms. The molecule has 1 aliphatic rings. The lowest BCUT2D eigenvalue weighted by Gasteiger charge is -2.12. The molecule has 1 aliphatic heterocycles. The van der Waals surface area contributed by atoms with Crippen molar-refractivity contribution in [3.8, 4) is 0 Å². The van der Waals surface area contributed by atoms with E-state index in [9.17, 15) is 0 Å². The predicted octanol–water partition coefficient (Wildman–Crippen LogP) is 6.04. The van der Waals surface area contributed by atoms with Gasteiger partial charge >= 0.3 is 0 Å². The van der Waals surface area contributed by atoms with Gasteiger partial charge in [-0.2, -0.15) is 0 Å². The minimum absolute atomic E-state index is 0.0633. The van der Waals surface area contributed by atoms with Crippen molar-refractivity contribution in [2.24, 2.45) is 0 Å². The number of rotatable bonds is 14. The highest BCUT2D eigenvalue weighted by molar-refractivity contribution is 5.16. The lowest BCUT2D eigenvalue weighted by Crippen LogP contribution is -2.18. The summed E-state index contributed by atoms with van der Waals surface area (Å²) in [6.45, 7) is 4.38. The molecule has 25 heavy (non-hydrogen) atoms. The Morgan fingerprint density at radius 2 is 1.52 bits per heavy atom. The SMILES string of the molecule is CCCCCCCCCCCCOCC1COC(c2ccccc2)O1. The molecule has 1 aromatic rings. The van der Waals surface area contributed by atoms with E-state index in [4.69, 9.17) is 14.2 Å². The summed E-state index contributed by atoms with van der Waals surface area (Å²) in [4.78, 5) is 0. The Hall–Kier alpha value is -0.900. The summed E-state index contributed by atoms with van der Waals surface area (Å²) in [5.41, 5.74) is 1.08. The second kappa shape index (κ2) is 13.3. The first-order valence-electron chi connectivity index (χ1n) is 10.3. The van der Waals surface area contributed by atoms with Gasteiger partial charge in [0.1, 0.15) is 6.10 Å². The van der Waals surface area contributed by atoms with Gasteiger partial charge in [0.2, 0.25) is 0 Å². The van der Waals surface area contributed by atoms with Crippen LogP contribution in [0, 0.1) is 0 Å². The van der Waals surface area contributed by atoms with Crippen molar-refractivity contribution in [3.63, 3.8) is 0 Å². The van der Waals surface area contributed by atoms with Crippen LogP contribution in [0.1, 0.15) is 83.0 Å². The highest BCUT2D eigenvalue weighted by atomic mass is 16.7. The van der Waals surface area contributed by atoms with E-state index in [0.717, 1.165) is 18.6 Å². The van der Waals surface area contributed by atoms with E-state index in [1.54, 1.807) is 0 Å². The summed E-state index contributed by atoms with van der Waals surface area (Å²) in [7, 11) is 0. The molecule has 2 atom stereocenters. The number of ether oxygens (including phenoxy) is 3. The Balaban J connectivity index is 1.38. The third-order valence-electron chi connectivity index (χ3n) is 4.77. The minimum atomic E-state index is -0.230. The zero-order valence-electron chi connectivity index (χ0n) is 16.0. The van der Waals surface area contributed by atoms with Crippen molar-refractivity contribution < 1.29 is 14.2 Å². The summed E-state index contributed by atoms with van der Waals surface area (Å²) in [6, 6.07) is 10.1. The molecule has 1 saturated heterocycles. The topological polar surface area (TPSA) is 27.7 Å². The van der Waals surface area contributed by atoms with Gasteiger partial charge in [-0.1, -0.05) is 95.0 Å². The molecule has 0 amide bonds. The van der Waals surface area contributed by atoms with Crippen LogP contribution >= 0.6 is 0 Å². The molecule has 0 aromatic heterocycles. The van der Waals surface area contributed by atoms with Gasteiger partial charge in [0.15, 0.2) is 6.29 Å². The van der Waals surface area contributed by atoms with Crippen LogP contribution in [0.5, 0.6) is 0 Å². The van der Waals surface area contributed by atoms with Crippen LogP contribution in [0.4, 0.5) is 0 Å². The van der Waals surface area contributed by atoms with Crippen molar-refractivity contribution in [2.45, 2.75) is 83.5 Å². The quantitative estimate of drug-likeness (QED) is 0.384. The average molecular weight is 349 g/mol. The van der Waals surface area contributed by atoms with E-state index in [0.29, 0.717) is 13.2 Å². The lowest BCUT2D eigenvalue weighted by atomic mass is 10.1. The number of hydrogen-bond donors (Lipinski definition) is 0. The van der Waals surface area contributed by atoms with E-state index in [1.807, 2.05) is 30.3 Å². The molecular formula is C22H36O3. The van der Waals surface area contributed by atoms with Crippen molar-refractivity contribution in [2.75, 3.05) is 19.8 Å². The number of benzene rings is 1. The van der Waals surface area contributed by atoms with Gasteiger partial charge in [0.05, 0.1) is 13.2 Å². The van der Waals surface area contributed by atoms with Crippen LogP contribution < -0.4 is 0 Å². The third-order valence-corrected chi connectivity index (χ3v) is 4.77. The zero-order valence-corrected chi connectivity index (χ0v) is 16.0. The second-order valence-electron chi connectivity index (χ2n) is 7.09. The van der Waals surface area contributed by atoms with E-state index in [-0.39, 0.29) is 12.4 Å². The molecule has 0 saturated carbocycles. The summed E-state index contributed by atoms with van der Waals surface area (Å²) in [6.07, 6.45) is 13.4. The Morgan fingerprint density at radius 1 is 0.880 bits per heavy atom. The standard InChI is InChI=1S/C22H36O3/c1-2-3-4-5-6-7-8-9-10-14-17-23-18-21-19-24-22(25-21)20-15-12-11-13-16-20/h11-13,15-16,21-22H,2-10,14,17-19H2,1H3. The average Bonchev–Trinajstić information content (AvgIpc) is 3.12. The van der Waals surface area contributed by atoms with Crippen LogP contribution in [0.2, 0.25) is 0 Å². The Labute approximate surface area is 154 Å².